The fourth-order valence-corrected chi connectivity index (χ4v) is 1.97. The second-order valence-corrected chi connectivity index (χ2v) is 4.72. The van der Waals surface area contributed by atoms with Gasteiger partial charge >= 0.3 is 0 Å². The van der Waals surface area contributed by atoms with Crippen molar-refractivity contribution in [1.82, 2.24) is 5.16 Å². The van der Waals surface area contributed by atoms with E-state index in [0.29, 0.717) is 25.8 Å². The summed E-state index contributed by atoms with van der Waals surface area (Å²) in [6.07, 6.45) is 0. The molecule has 0 radical (unpaired) electrons. The molecule has 0 aliphatic rings. The number of nitrogens with zero attached hydrogens (tertiary/aromatic N) is 1. The summed E-state index contributed by atoms with van der Waals surface area (Å²) in [5.41, 5.74) is 1.21. The minimum absolute atomic E-state index is 0.182. The molecule has 0 spiro atoms. The Kier molecular flexibility index (Phi) is 3.26. The number of halogens is 4. The molecule has 0 atom stereocenters. The van der Waals surface area contributed by atoms with Crippen LogP contribution in [-0.4, -0.2) is 5.16 Å². The maximum atomic E-state index is 6.01. The highest BCUT2D eigenvalue weighted by molar-refractivity contribution is 9.10. The number of rotatable bonds is 1. The van der Waals surface area contributed by atoms with Crippen LogP contribution in [0, 0.1) is 0 Å². The molecule has 0 fully saturated rings. The quantitative estimate of drug-likeness (QED) is 0.731. The standard InChI is InChI=1S/C9H3BrCl3NO/c10-7-8(14-15-9(7)13)5-3-4(11)1-2-6(5)12/h1-3H. The lowest BCUT2D eigenvalue weighted by molar-refractivity contribution is 0.423. The van der Waals surface area contributed by atoms with Gasteiger partial charge in [0.25, 0.3) is 0 Å². The Morgan fingerprint density at radius 3 is 2.53 bits per heavy atom. The second-order valence-electron chi connectivity index (χ2n) is 2.74. The van der Waals surface area contributed by atoms with Crippen molar-refractivity contribution in [3.05, 3.63) is 37.9 Å². The van der Waals surface area contributed by atoms with E-state index in [1.165, 1.54) is 0 Å². The van der Waals surface area contributed by atoms with Crippen LogP contribution >= 0.6 is 50.7 Å². The lowest BCUT2D eigenvalue weighted by Crippen LogP contribution is -1.80. The van der Waals surface area contributed by atoms with Crippen LogP contribution in [0.5, 0.6) is 0 Å². The van der Waals surface area contributed by atoms with Gasteiger partial charge in [-0.05, 0) is 45.7 Å². The Morgan fingerprint density at radius 2 is 1.93 bits per heavy atom. The molecule has 1 heterocycles. The van der Waals surface area contributed by atoms with E-state index < -0.39 is 0 Å². The summed E-state index contributed by atoms with van der Waals surface area (Å²) in [5, 5.41) is 5.07. The molecule has 78 valence electrons. The monoisotopic (exact) mass is 325 g/mol. The van der Waals surface area contributed by atoms with Crippen molar-refractivity contribution in [3.8, 4) is 11.3 Å². The first-order valence-corrected chi connectivity index (χ1v) is 5.78. The number of hydrogen-bond donors (Lipinski definition) is 0. The summed E-state index contributed by atoms with van der Waals surface area (Å²) in [5.74, 6) is 0. The highest BCUT2D eigenvalue weighted by atomic mass is 79.9. The number of benzene rings is 1. The van der Waals surface area contributed by atoms with E-state index in [0.717, 1.165) is 0 Å². The molecule has 0 unspecified atom stereocenters. The van der Waals surface area contributed by atoms with Gasteiger partial charge in [0.05, 0.1) is 5.02 Å². The van der Waals surface area contributed by atoms with Gasteiger partial charge in [0.1, 0.15) is 10.2 Å². The van der Waals surface area contributed by atoms with E-state index in [1.54, 1.807) is 18.2 Å². The van der Waals surface area contributed by atoms with E-state index in [9.17, 15) is 0 Å². The van der Waals surface area contributed by atoms with Crippen LogP contribution in [0.15, 0.2) is 27.2 Å². The minimum atomic E-state index is 0.182. The summed E-state index contributed by atoms with van der Waals surface area (Å²) < 4.78 is 5.37. The molecule has 15 heavy (non-hydrogen) atoms. The van der Waals surface area contributed by atoms with Gasteiger partial charge in [-0.3, -0.25) is 0 Å². The average molecular weight is 327 g/mol. The Bertz CT molecular complexity index is 512. The number of hydrogen-bond acceptors (Lipinski definition) is 2. The van der Waals surface area contributed by atoms with Gasteiger partial charge < -0.3 is 4.52 Å². The fourth-order valence-electron chi connectivity index (χ4n) is 1.11. The zero-order chi connectivity index (χ0) is 11.0. The molecule has 2 aromatic rings. The van der Waals surface area contributed by atoms with E-state index in [1.807, 2.05) is 0 Å². The van der Waals surface area contributed by atoms with Crippen molar-refractivity contribution in [3.63, 3.8) is 0 Å². The van der Waals surface area contributed by atoms with Crippen molar-refractivity contribution in [1.29, 1.82) is 0 Å². The molecule has 0 aliphatic heterocycles. The van der Waals surface area contributed by atoms with Gasteiger partial charge in [0, 0.05) is 10.6 Å². The molecule has 1 aromatic carbocycles. The first-order valence-electron chi connectivity index (χ1n) is 3.85. The fraction of sp³-hybridized carbons (Fsp3) is 0. The molecule has 6 heteroatoms. The predicted molar refractivity (Wildman–Crippen MR) is 64.7 cm³/mol. The Hall–Kier alpha value is -0.220. The van der Waals surface area contributed by atoms with Crippen molar-refractivity contribution in [2.45, 2.75) is 0 Å². The topological polar surface area (TPSA) is 26.0 Å². The summed E-state index contributed by atoms with van der Waals surface area (Å²) in [6, 6.07) is 5.08. The Balaban J connectivity index is 2.63. The smallest absolute Gasteiger partial charge is 0.240 e. The van der Waals surface area contributed by atoms with E-state index >= 15 is 0 Å². The highest BCUT2D eigenvalue weighted by Gasteiger charge is 2.16. The third-order valence-electron chi connectivity index (χ3n) is 1.78. The SMILES string of the molecule is Clc1ccc(Cl)c(-c2noc(Cl)c2Br)c1. The van der Waals surface area contributed by atoms with E-state index in [-0.39, 0.29) is 5.22 Å². The lowest BCUT2D eigenvalue weighted by Gasteiger charge is -2.00. The summed E-state index contributed by atoms with van der Waals surface area (Å²) in [6.45, 7) is 0. The van der Waals surface area contributed by atoms with Crippen LogP contribution in [0.4, 0.5) is 0 Å². The predicted octanol–water partition coefficient (Wildman–Crippen LogP) is 5.06. The van der Waals surface area contributed by atoms with Gasteiger partial charge in [-0.1, -0.05) is 28.4 Å². The molecular formula is C9H3BrCl3NO. The van der Waals surface area contributed by atoms with E-state index in [2.05, 4.69) is 21.1 Å². The maximum Gasteiger partial charge on any atom is 0.240 e. The molecule has 0 aliphatic carbocycles. The van der Waals surface area contributed by atoms with Crippen molar-refractivity contribution in [2.24, 2.45) is 0 Å². The molecule has 1 aromatic heterocycles. The summed E-state index contributed by atoms with van der Waals surface area (Å²) in [7, 11) is 0. The lowest BCUT2D eigenvalue weighted by atomic mass is 10.1. The Morgan fingerprint density at radius 1 is 1.20 bits per heavy atom. The molecule has 2 nitrogen and oxygen atoms in total. The zero-order valence-corrected chi connectivity index (χ0v) is 11.0. The minimum Gasteiger partial charge on any atom is -0.343 e. The van der Waals surface area contributed by atoms with Crippen LogP contribution in [0.2, 0.25) is 15.3 Å². The third-order valence-corrected chi connectivity index (χ3v) is 3.57. The van der Waals surface area contributed by atoms with Crippen molar-refractivity contribution >= 4 is 50.7 Å². The van der Waals surface area contributed by atoms with Gasteiger partial charge in [0.2, 0.25) is 5.22 Å². The molecule has 0 amide bonds. The number of aromatic nitrogens is 1. The molecule has 0 saturated heterocycles. The average Bonchev–Trinajstić information content (AvgIpc) is 2.52. The van der Waals surface area contributed by atoms with Crippen LogP contribution in [0.25, 0.3) is 11.3 Å². The largest absolute Gasteiger partial charge is 0.343 e. The molecule has 2 rings (SSSR count). The van der Waals surface area contributed by atoms with Crippen LogP contribution in [0.1, 0.15) is 0 Å². The first kappa shape index (κ1) is 11.3. The summed E-state index contributed by atoms with van der Waals surface area (Å²) >= 11 is 20.8. The second kappa shape index (κ2) is 4.34. The third kappa shape index (κ3) is 2.16. The molecule has 0 bridgehead atoms. The Labute approximate surface area is 109 Å². The molecular weight excluding hydrogens is 324 g/mol. The molecule has 0 N–H and O–H groups in total. The highest BCUT2D eigenvalue weighted by Crippen LogP contribution is 2.37. The summed E-state index contributed by atoms with van der Waals surface area (Å²) in [4.78, 5) is 0. The van der Waals surface area contributed by atoms with Crippen molar-refractivity contribution in [2.75, 3.05) is 0 Å². The van der Waals surface area contributed by atoms with Crippen LogP contribution < -0.4 is 0 Å². The van der Waals surface area contributed by atoms with Crippen LogP contribution in [-0.2, 0) is 0 Å². The van der Waals surface area contributed by atoms with Gasteiger partial charge in [-0.25, -0.2) is 0 Å². The van der Waals surface area contributed by atoms with Gasteiger partial charge in [0.15, 0.2) is 0 Å². The first-order chi connectivity index (χ1) is 7.09. The van der Waals surface area contributed by atoms with Crippen molar-refractivity contribution < 1.29 is 4.52 Å². The normalized spacial score (nSPS) is 10.7. The van der Waals surface area contributed by atoms with Gasteiger partial charge in [-0.2, -0.15) is 0 Å². The maximum absolute atomic E-state index is 6.01. The van der Waals surface area contributed by atoms with Gasteiger partial charge in [-0.15, -0.1) is 0 Å². The molecule has 0 saturated carbocycles. The zero-order valence-electron chi connectivity index (χ0n) is 7.10. The van der Waals surface area contributed by atoms with E-state index in [4.69, 9.17) is 39.3 Å². The van der Waals surface area contributed by atoms with Crippen LogP contribution in [0.3, 0.4) is 0 Å².